The van der Waals surface area contributed by atoms with Crippen molar-refractivity contribution < 1.29 is 19.1 Å². The third-order valence-corrected chi connectivity index (χ3v) is 5.73. The van der Waals surface area contributed by atoms with Crippen LogP contribution in [0.1, 0.15) is 20.8 Å². The van der Waals surface area contributed by atoms with Gasteiger partial charge in [-0.2, -0.15) is 0 Å². The number of hydrogen-bond donors (Lipinski definition) is 1. The highest BCUT2D eigenvalue weighted by atomic mass is 32.1. The van der Waals surface area contributed by atoms with Gasteiger partial charge in [-0.05, 0) is 34.7 Å². The summed E-state index contributed by atoms with van der Waals surface area (Å²) in [4.78, 5) is 28.1. The van der Waals surface area contributed by atoms with Crippen LogP contribution in [0.25, 0.3) is 0 Å². The number of benzene rings is 2. The van der Waals surface area contributed by atoms with Crippen molar-refractivity contribution in [3.05, 3.63) is 82.0 Å². The van der Waals surface area contributed by atoms with Crippen molar-refractivity contribution in [2.75, 3.05) is 13.8 Å². The molecule has 1 aliphatic heterocycles. The van der Waals surface area contributed by atoms with E-state index in [0.29, 0.717) is 29.3 Å². The molecule has 0 spiro atoms. The predicted molar refractivity (Wildman–Crippen MR) is 115 cm³/mol. The number of likely N-dealkylation sites (N-methyl/N-ethyl adjacent to an activating group) is 1. The molecule has 0 aliphatic carbocycles. The highest BCUT2D eigenvalue weighted by Gasteiger charge is 2.26. The van der Waals surface area contributed by atoms with Gasteiger partial charge in [0.2, 0.25) is 12.7 Å². The Hall–Kier alpha value is -3.32. The number of ether oxygens (including phenoxy) is 2. The van der Waals surface area contributed by atoms with E-state index in [1.807, 2.05) is 60.0 Å². The molecule has 7 heteroatoms. The second-order valence-corrected chi connectivity index (χ2v) is 8.02. The maximum Gasteiger partial charge on any atom is 0.262 e. The van der Waals surface area contributed by atoms with E-state index < -0.39 is 6.04 Å². The van der Waals surface area contributed by atoms with Crippen molar-refractivity contribution in [1.29, 1.82) is 0 Å². The molecule has 0 fully saturated rings. The second kappa shape index (κ2) is 9.00. The normalized spacial score (nSPS) is 13.0. The first kappa shape index (κ1) is 20.0. The molecular formula is C23H22N2O4S. The zero-order valence-corrected chi connectivity index (χ0v) is 17.4. The first-order valence-electron chi connectivity index (χ1n) is 9.62. The maximum absolute atomic E-state index is 13.2. The summed E-state index contributed by atoms with van der Waals surface area (Å²) < 4.78 is 10.8. The third kappa shape index (κ3) is 4.63. The Bertz CT molecular complexity index is 1020. The van der Waals surface area contributed by atoms with Gasteiger partial charge in [0.25, 0.3) is 5.91 Å². The molecule has 154 valence electrons. The minimum atomic E-state index is -0.666. The molecule has 4 rings (SSSR count). The summed E-state index contributed by atoms with van der Waals surface area (Å²) in [6.45, 7) is 0.608. The topological polar surface area (TPSA) is 67.9 Å². The fourth-order valence-electron chi connectivity index (χ4n) is 3.34. The van der Waals surface area contributed by atoms with Crippen LogP contribution < -0.4 is 14.8 Å². The molecule has 2 aromatic carbocycles. The molecule has 2 amide bonds. The quantitative estimate of drug-likeness (QED) is 0.633. The number of amides is 2. The van der Waals surface area contributed by atoms with Crippen molar-refractivity contribution >= 4 is 23.2 Å². The average Bonchev–Trinajstić information content (AvgIpc) is 3.45. The van der Waals surface area contributed by atoms with E-state index in [-0.39, 0.29) is 18.6 Å². The molecule has 6 nitrogen and oxygen atoms in total. The molecule has 0 saturated carbocycles. The standard InChI is InChI=1S/C23H22N2O4S/c1-25(14-17-9-10-19-20(13-17)29-15-28-19)23(27)18(12-16-6-3-2-4-7-16)24-22(26)21-8-5-11-30-21/h2-11,13,18H,12,14-15H2,1H3,(H,24,26). The number of fused-ring (bicyclic) bond motifs is 1. The Labute approximate surface area is 179 Å². The first-order valence-corrected chi connectivity index (χ1v) is 10.5. The van der Waals surface area contributed by atoms with Crippen LogP contribution in [0.3, 0.4) is 0 Å². The number of carbonyl (C=O) groups excluding carboxylic acids is 2. The fraction of sp³-hybridized carbons (Fsp3) is 0.217. The molecule has 0 saturated heterocycles. The smallest absolute Gasteiger partial charge is 0.262 e. The van der Waals surface area contributed by atoms with Gasteiger partial charge in [-0.3, -0.25) is 9.59 Å². The molecule has 1 unspecified atom stereocenters. The lowest BCUT2D eigenvalue weighted by Gasteiger charge is -2.25. The van der Waals surface area contributed by atoms with Crippen LogP contribution in [0.5, 0.6) is 11.5 Å². The van der Waals surface area contributed by atoms with Gasteiger partial charge in [-0.15, -0.1) is 11.3 Å². The van der Waals surface area contributed by atoms with Crippen LogP contribution >= 0.6 is 11.3 Å². The first-order chi connectivity index (χ1) is 14.6. The number of hydrogen-bond acceptors (Lipinski definition) is 5. The Morgan fingerprint density at radius 3 is 2.60 bits per heavy atom. The Kier molecular flexibility index (Phi) is 5.99. The number of nitrogens with zero attached hydrogens (tertiary/aromatic N) is 1. The van der Waals surface area contributed by atoms with E-state index in [1.165, 1.54) is 11.3 Å². The minimum absolute atomic E-state index is 0.151. The van der Waals surface area contributed by atoms with Crippen LogP contribution in [-0.4, -0.2) is 36.6 Å². The molecule has 1 aromatic heterocycles. The summed E-state index contributed by atoms with van der Waals surface area (Å²) in [6, 6.07) is 18.2. The second-order valence-electron chi connectivity index (χ2n) is 7.07. The lowest BCUT2D eigenvalue weighted by molar-refractivity contribution is -0.132. The van der Waals surface area contributed by atoms with E-state index in [4.69, 9.17) is 9.47 Å². The zero-order valence-electron chi connectivity index (χ0n) is 16.5. The predicted octanol–water partition coefficient (Wildman–Crippen LogP) is 3.48. The Morgan fingerprint density at radius 2 is 1.83 bits per heavy atom. The van der Waals surface area contributed by atoms with E-state index in [9.17, 15) is 9.59 Å². The lowest BCUT2D eigenvalue weighted by Crippen LogP contribution is -2.48. The SMILES string of the molecule is CN(Cc1ccc2c(c1)OCO2)C(=O)C(Cc1ccccc1)NC(=O)c1cccs1. The van der Waals surface area contributed by atoms with Crippen molar-refractivity contribution in [1.82, 2.24) is 10.2 Å². The van der Waals surface area contributed by atoms with Gasteiger partial charge in [0, 0.05) is 20.0 Å². The zero-order chi connectivity index (χ0) is 20.9. The van der Waals surface area contributed by atoms with Gasteiger partial charge in [-0.25, -0.2) is 0 Å². The molecule has 1 N–H and O–H groups in total. The molecule has 1 atom stereocenters. The molecule has 3 aromatic rings. The number of carbonyl (C=O) groups is 2. The lowest BCUT2D eigenvalue weighted by atomic mass is 10.0. The number of nitrogens with one attached hydrogen (secondary N) is 1. The van der Waals surface area contributed by atoms with E-state index in [1.54, 1.807) is 18.0 Å². The van der Waals surface area contributed by atoms with Crippen LogP contribution in [0.2, 0.25) is 0 Å². The van der Waals surface area contributed by atoms with Gasteiger partial charge in [-0.1, -0.05) is 42.5 Å². The van der Waals surface area contributed by atoms with Crippen molar-refractivity contribution in [3.8, 4) is 11.5 Å². The van der Waals surface area contributed by atoms with E-state index >= 15 is 0 Å². The molecule has 1 aliphatic rings. The number of thiophene rings is 1. The largest absolute Gasteiger partial charge is 0.454 e. The fourth-order valence-corrected chi connectivity index (χ4v) is 3.97. The van der Waals surface area contributed by atoms with Gasteiger partial charge in [0.05, 0.1) is 4.88 Å². The van der Waals surface area contributed by atoms with E-state index in [2.05, 4.69) is 5.32 Å². The van der Waals surface area contributed by atoms with Crippen molar-refractivity contribution in [2.45, 2.75) is 19.0 Å². The summed E-state index contributed by atoms with van der Waals surface area (Å²) in [6.07, 6.45) is 0.419. The summed E-state index contributed by atoms with van der Waals surface area (Å²) in [5.41, 5.74) is 1.91. The van der Waals surface area contributed by atoms with Crippen molar-refractivity contribution in [2.24, 2.45) is 0 Å². The van der Waals surface area contributed by atoms with Gasteiger partial charge >= 0.3 is 0 Å². The minimum Gasteiger partial charge on any atom is -0.454 e. The average molecular weight is 423 g/mol. The third-order valence-electron chi connectivity index (χ3n) is 4.86. The highest BCUT2D eigenvalue weighted by molar-refractivity contribution is 7.12. The van der Waals surface area contributed by atoms with Gasteiger partial charge in [0.15, 0.2) is 11.5 Å². The van der Waals surface area contributed by atoms with Crippen LogP contribution in [0.15, 0.2) is 66.0 Å². The number of rotatable bonds is 7. The Morgan fingerprint density at radius 1 is 1.03 bits per heavy atom. The van der Waals surface area contributed by atoms with Crippen LogP contribution in [0.4, 0.5) is 0 Å². The molecule has 2 heterocycles. The van der Waals surface area contributed by atoms with Gasteiger partial charge < -0.3 is 19.7 Å². The molecule has 0 radical (unpaired) electrons. The summed E-state index contributed by atoms with van der Waals surface area (Å²) in [7, 11) is 1.74. The molecule has 0 bridgehead atoms. The van der Waals surface area contributed by atoms with E-state index in [0.717, 1.165) is 11.1 Å². The maximum atomic E-state index is 13.2. The Balaban J connectivity index is 1.49. The highest BCUT2D eigenvalue weighted by Crippen LogP contribution is 2.32. The summed E-state index contributed by atoms with van der Waals surface area (Å²) in [5, 5.41) is 4.75. The molecular weight excluding hydrogens is 400 g/mol. The van der Waals surface area contributed by atoms with Crippen LogP contribution in [-0.2, 0) is 17.8 Å². The summed E-state index contributed by atoms with van der Waals surface area (Å²) in [5.74, 6) is 0.996. The van der Waals surface area contributed by atoms with Crippen molar-refractivity contribution in [3.63, 3.8) is 0 Å². The van der Waals surface area contributed by atoms with Crippen LogP contribution in [0, 0.1) is 0 Å². The summed E-state index contributed by atoms with van der Waals surface area (Å²) >= 11 is 1.35. The van der Waals surface area contributed by atoms with Gasteiger partial charge in [0.1, 0.15) is 6.04 Å². The molecule has 30 heavy (non-hydrogen) atoms. The monoisotopic (exact) mass is 422 g/mol.